The molecule has 37 heavy (non-hydrogen) atoms. The molecule has 0 aromatic heterocycles. The molecule has 2 atom stereocenters. The minimum absolute atomic E-state index is 0.176. The lowest BCUT2D eigenvalue weighted by Crippen LogP contribution is -2.46. The number of rotatable bonds is 10. The van der Waals surface area contributed by atoms with Crippen molar-refractivity contribution in [2.24, 2.45) is 5.92 Å². The summed E-state index contributed by atoms with van der Waals surface area (Å²) in [5.41, 5.74) is 2.03. The van der Waals surface area contributed by atoms with Gasteiger partial charge in [0, 0.05) is 35.9 Å². The quantitative estimate of drug-likeness (QED) is 0.348. The molecule has 1 fully saturated rings. The van der Waals surface area contributed by atoms with Crippen molar-refractivity contribution in [3.63, 3.8) is 0 Å². The molecule has 8 nitrogen and oxygen atoms in total. The van der Waals surface area contributed by atoms with Gasteiger partial charge in [-0.1, -0.05) is 12.1 Å². The highest BCUT2D eigenvalue weighted by molar-refractivity contribution is 7.88. The smallest absolute Gasteiger partial charge is 0.319 e. The van der Waals surface area contributed by atoms with Crippen LogP contribution in [0.25, 0.3) is 0 Å². The van der Waals surface area contributed by atoms with E-state index in [1.54, 1.807) is 16.4 Å². The molecule has 1 aliphatic heterocycles. The molecular formula is C27H34FN3O5S. The molecule has 0 radical (unpaired) electrons. The largest absolute Gasteiger partial charge is 0.338 e. The number of ketones is 2. The van der Waals surface area contributed by atoms with Crippen LogP contribution in [0, 0.1) is 11.7 Å². The van der Waals surface area contributed by atoms with Gasteiger partial charge in [-0.25, -0.2) is 17.6 Å². The second-order valence-electron chi connectivity index (χ2n) is 9.68. The normalized spacial score (nSPS) is 18.3. The Balaban J connectivity index is 1.54. The Kier molecular flexibility index (Phi) is 9.56. The molecule has 1 saturated heterocycles. The van der Waals surface area contributed by atoms with E-state index in [0.717, 1.165) is 18.4 Å². The summed E-state index contributed by atoms with van der Waals surface area (Å²) in [6, 6.07) is 10.3. The number of nitrogens with zero attached hydrogens (tertiary/aromatic N) is 1. The summed E-state index contributed by atoms with van der Waals surface area (Å²) in [4.78, 5) is 35.9. The van der Waals surface area contributed by atoms with Crippen molar-refractivity contribution in [3.05, 3.63) is 65.0 Å². The lowest BCUT2D eigenvalue weighted by atomic mass is 9.85. The maximum Gasteiger partial charge on any atom is 0.319 e. The predicted octanol–water partition coefficient (Wildman–Crippen LogP) is 4.42. The van der Waals surface area contributed by atoms with Crippen LogP contribution in [-0.2, 0) is 16.4 Å². The molecule has 1 heterocycles. The van der Waals surface area contributed by atoms with Crippen LogP contribution in [0.4, 0.5) is 14.9 Å². The highest BCUT2D eigenvalue weighted by Crippen LogP contribution is 2.30. The number of carbonyl (C=O) groups is 3. The standard InChI is InChI=1S/C27H34FN3O5S/c1-18(32)22-15-23(19(2)33)17-25(16-22)30-27(34)29-11-4-5-26-14-21(10-12-31(26)37(3,35)36)13-20-6-8-24(28)9-7-20/h6-9,15-17,21,26H,4-5,10-14H2,1-3H3,(H2,29,30,34)/t21-,26-/m0/s1. The Hall–Kier alpha value is -3.11. The number of hydrogen-bond donors (Lipinski definition) is 2. The van der Waals surface area contributed by atoms with E-state index in [1.807, 2.05) is 0 Å². The van der Waals surface area contributed by atoms with E-state index < -0.39 is 16.1 Å². The number of nitrogens with one attached hydrogen (secondary N) is 2. The van der Waals surface area contributed by atoms with Crippen LogP contribution in [0.2, 0.25) is 0 Å². The second kappa shape index (κ2) is 12.4. The van der Waals surface area contributed by atoms with Crippen molar-refractivity contribution in [2.45, 2.75) is 52.0 Å². The van der Waals surface area contributed by atoms with Crippen LogP contribution in [0.15, 0.2) is 42.5 Å². The molecule has 1 aliphatic rings. The van der Waals surface area contributed by atoms with Crippen molar-refractivity contribution in [2.75, 3.05) is 24.7 Å². The number of piperidine rings is 1. The number of benzene rings is 2. The first-order chi connectivity index (χ1) is 17.4. The average Bonchev–Trinajstić information content (AvgIpc) is 2.82. The molecule has 0 aliphatic carbocycles. The van der Waals surface area contributed by atoms with Crippen LogP contribution in [0.3, 0.4) is 0 Å². The Morgan fingerprint density at radius 1 is 1.03 bits per heavy atom. The van der Waals surface area contributed by atoms with E-state index in [2.05, 4.69) is 10.6 Å². The van der Waals surface area contributed by atoms with Crippen molar-refractivity contribution in [3.8, 4) is 0 Å². The number of Topliss-reactive ketones (excluding diaryl/α,β-unsaturated/α-hetero) is 2. The van der Waals surface area contributed by atoms with Crippen LogP contribution in [-0.4, -0.2) is 55.7 Å². The topological polar surface area (TPSA) is 113 Å². The van der Waals surface area contributed by atoms with Gasteiger partial charge >= 0.3 is 6.03 Å². The van der Waals surface area contributed by atoms with E-state index in [0.29, 0.717) is 49.2 Å². The fourth-order valence-electron chi connectivity index (χ4n) is 4.77. The Morgan fingerprint density at radius 3 is 2.22 bits per heavy atom. The first kappa shape index (κ1) is 28.5. The van der Waals surface area contributed by atoms with E-state index in [-0.39, 0.29) is 29.3 Å². The molecule has 0 unspecified atom stereocenters. The van der Waals surface area contributed by atoms with Crippen LogP contribution >= 0.6 is 0 Å². The van der Waals surface area contributed by atoms with E-state index in [9.17, 15) is 27.2 Å². The molecule has 0 bridgehead atoms. The maximum absolute atomic E-state index is 13.2. The van der Waals surface area contributed by atoms with E-state index >= 15 is 0 Å². The van der Waals surface area contributed by atoms with Gasteiger partial charge in [-0.15, -0.1) is 0 Å². The first-order valence-electron chi connectivity index (χ1n) is 12.4. The second-order valence-corrected chi connectivity index (χ2v) is 11.6. The number of anilines is 1. The molecule has 2 amide bonds. The van der Waals surface area contributed by atoms with Gasteiger partial charge in [0.1, 0.15) is 5.82 Å². The van der Waals surface area contributed by atoms with Crippen LogP contribution < -0.4 is 10.6 Å². The Labute approximate surface area is 217 Å². The minimum atomic E-state index is -3.36. The number of halogens is 1. The molecule has 3 rings (SSSR count). The lowest BCUT2D eigenvalue weighted by Gasteiger charge is -2.38. The van der Waals surface area contributed by atoms with Crippen LogP contribution in [0.1, 0.15) is 65.8 Å². The lowest BCUT2D eigenvalue weighted by molar-refractivity contribution is 0.101. The third-order valence-electron chi connectivity index (χ3n) is 6.64. The molecule has 0 spiro atoms. The molecule has 200 valence electrons. The summed E-state index contributed by atoms with van der Waals surface area (Å²) in [5, 5.41) is 5.41. The molecule has 0 saturated carbocycles. The average molecular weight is 532 g/mol. The van der Waals surface area contributed by atoms with Gasteiger partial charge in [-0.05, 0) is 87.8 Å². The van der Waals surface area contributed by atoms with Gasteiger partial charge in [-0.2, -0.15) is 4.31 Å². The zero-order chi connectivity index (χ0) is 27.2. The summed E-state index contributed by atoms with van der Waals surface area (Å²) in [6.45, 7) is 3.54. The minimum Gasteiger partial charge on any atom is -0.338 e. The summed E-state index contributed by atoms with van der Waals surface area (Å²) in [7, 11) is -3.36. The SMILES string of the molecule is CC(=O)c1cc(NC(=O)NCCC[C@H]2C[C@H](Cc3ccc(F)cc3)CCN2S(C)(=O)=O)cc(C(C)=O)c1. The zero-order valence-electron chi connectivity index (χ0n) is 21.4. The Morgan fingerprint density at radius 2 is 1.65 bits per heavy atom. The van der Waals surface area contributed by atoms with Crippen LogP contribution in [0.5, 0.6) is 0 Å². The van der Waals surface area contributed by atoms with Crippen molar-refractivity contribution >= 4 is 33.3 Å². The maximum atomic E-state index is 13.2. The fourth-order valence-corrected chi connectivity index (χ4v) is 5.94. The van der Waals surface area contributed by atoms with Crippen molar-refractivity contribution in [1.29, 1.82) is 0 Å². The third kappa shape index (κ3) is 8.46. The summed E-state index contributed by atoms with van der Waals surface area (Å²) < 4.78 is 39.5. The summed E-state index contributed by atoms with van der Waals surface area (Å²) in [6.07, 6.45) is 4.57. The monoisotopic (exact) mass is 531 g/mol. The Bertz CT molecular complexity index is 1210. The summed E-state index contributed by atoms with van der Waals surface area (Å²) >= 11 is 0. The molecule has 2 aromatic rings. The molecule has 2 N–H and O–H groups in total. The molecule has 2 aromatic carbocycles. The fraction of sp³-hybridized carbons (Fsp3) is 0.444. The first-order valence-corrected chi connectivity index (χ1v) is 14.2. The van der Waals surface area contributed by atoms with Crippen molar-refractivity contribution in [1.82, 2.24) is 9.62 Å². The number of urea groups is 1. The van der Waals surface area contributed by atoms with E-state index in [4.69, 9.17) is 0 Å². The highest BCUT2D eigenvalue weighted by Gasteiger charge is 2.33. The van der Waals surface area contributed by atoms with Gasteiger partial charge in [0.2, 0.25) is 10.0 Å². The zero-order valence-corrected chi connectivity index (χ0v) is 22.2. The van der Waals surface area contributed by atoms with Gasteiger partial charge in [0.15, 0.2) is 11.6 Å². The van der Waals surface area contributed by atoms with Gasteiger partial charge < -0.3 is 10.6 Å². The van der Waals surface area contributed by atoms with Crippen molar-refractivity contribution < 1.29 is 27.2 Å². The highest BCUT2D eigenvalue weighted by atomic mass is 32.2. The molecular weight excluding hydrogens is 497 g/mol. The predicted molar refractivity (Wildman–Crippen MR) is 141 cm³/mol. The summed E-state index contributed by atoms with van der Waals surface area (Å²) in [5.74, 6) is -0.427. The van der Waals surface area contributed by atoms with Gasteiger partial charge in [0.25, 0.3) is 0 Å². The number of hydrogen-bond acceptors (Lipinski definition) is 5. The third-order valence-corrected chi connectivity index (χ3v) is 7.97. The number of amides is 2. The van der Waals surface area contributed by atoms with Gasteiger partial charge in [0.05, 0.1) is 6.26 Å². The molecule has 10 heteroatoms. The number of carbonyl (C=O) groups excluding carboxylic acids is 3. The van der Waals surface area contributed by atoms with Gasteiger partial charge in [-0.3, -0.25) is 9.59 Å². The van der Waals surface area contributed by atoms with E-state index in [1.165, 1.54) is 50.4 Å². The number of sulfonamides is 1.